The zero-order chi connectivity index (χ0) is 28.0. The molecule has 8 nitrogen and oxygen atoms in total. The highest BCUT2D eigenvalue weighted by Gasteiger charge is 2.45. The van der Waals surface area contributed by atoms with Crippen molar-refractivity contribution in [3.63, 3.8) is 0 Å². The number of unbranched alkanes of at least 4 members (excludes halogenated alkanes) is 11. The zero-order valence-electron chi connectivity index (χ0n) is 22.9. The molecule has 0 radical (unpaired) electrons. The molecule has 2 aliphatic heterocycles. The van der Waals surface area contributed by atoms with Crippen LogP contribution in [0.1, 0.15) is 129 Å². The molecule has 0 spiro atoms. The quantitative estimate of drug-likeness (QED) is 0.140. The lowest BCUT2D eigenvalue weighted by Crippen LogP contribution is -2.54. The van der Waals surface area contributed by atoms with Crippen LogP contribution in [-0.2, 0) is 20.8 Å². The molecular formula is C31H42N2O6. The molecule has 3 rings (SSSR count). The SMILES string of the molecule is O=C(O)CCCCCCC/C=C\CCCCCCCCc1cccc2c1C(=O)N(C1CCC(=O)NC1=O)C2=O. The lowest BCUT2D eigenvalue weighted by atomic mass is 9.97. The van der Waals surface area contributed by atoms with Gasteiger partial charge in [0.1, 0.15) is 6.04 Å². The van der Waals surface area contributed by atoms with E-state index in [4.69, 9.17) is 5.11 Å². The Morgan fingerprint density at radius 1 is 0.846 bits per heavy atom. The van der Waals surface area contributed by atoms with Gasteiger partial charge in [0.05, 0.1) is 11.1 Å². The number of nitrogens with one attached hydrogen (secondary N) is 1. The molecule has 39 heavy (non-hydrogen) atoms. The third-order valence-corrected chi connectivity index (χ3v) is 7.55. The summed E-state index contributed by atoms with van der Waals surface area (Å²) >= 11 is 0. The number of hydrogen-bond acceptors (Lipinski definition) is 5. The van der Waals surface area contributed by atoms with E-state index in [1.165, 1.54) is 25.7 Å². The van der Waals surface area contributed by atoms with Crippen LogP contribution in [0.15, 0.2) is 30.4 Å². The molecule has 1 unspecified atom stereocenters. The Morgan fingerprint density at radius 2 is 1.46 bits per heavy atom. The number of nitrogens with zero attached hydrogens (tertiary/aromatic N) is 1. The average Bonchev–Trinajstić information content (AvgIpc) is 3.16. The van der Waals surface area contributed by atoms with Crippen LogP contribution in [0.4, 0.5) is 0 Å². The summed E-state index contributed by atoms with van der Waals surface area (Å²) in [6, 6.07) is 4.40. The number of carbonyl (C=O) groups excluding carboxylic acids is 4. The van der Waals surface area contributed by atoms with Crippen LogP contribution < -0.4 is 5.32 Å². The van der Waals surface area contributed by atoms with E-state index in [1.54, 1.807) is 12.1 Å². The van der Waals surface area contributed by atoms with Gasteiger partial charge in [-0.3, -0.25) is 34.2 Å². The van der Waals surface area contributed by atoms with Crippen LogP contribution >= 0.6 is 0 Å². The van der Waals surface area contributed by atoms with Crippen molar-refractivity contribution in [3.05, 3.63) is 47.0 Å². The molecule has 0 saturated carbocycles. The maximum atomic E-state index is 13.2. The number of amides is 4. The van der Waals surface area contributed by atoms with Gasteiger partial charge in [0.2, 0.25) is 11.8 Å². The number of fused-ring (bicyclic) bond motifs is 1. The number of aryl methyl sites for hydroxylation is 1. The van der Waals surface area contributed by atoms with Crippen molar-refractivity contribution in [2.24, 2.45) is 0 Å². The number of imide groups is 2. The lowest BCUT2D eigenvalue weighted by Gasteiger charge is -2.27. The third kappa shape index (κ3) is 9.15. The first-order valence-electron chi connectivity index (χ1n) is 14.6. The lowest BCUT2D eigenvalue weighted by molar-refractivity contribution is -0.138. The Balaban J connectivity index is 1.27. The van der Waals surface area contributed by atoms with Gasteiger partial charge in [-0.2, -0.15) is 0 Å². The van der Waals surface area contributed by atoms with Gasteiger partial charge in [0.15, 0.2) is 0 Å². The molecule has 2 N–H and O–H groups in total. The van der Waals surface area contributed by atoms with E-state index in [-0.39, 0.29) is 25.2 Å². The van der Waals surface area contributed by atoms with E-state index in [0.29, 0.717) is 17.5 Å². The number of hydrogen-bond donors (Lipinski definition) is 2. The molecule has 0 aliphatic carbocycles. The monoisotopic (exact) mass is 538 g/mol. The molecule has 0 aromatic heterocycles. The second-order valence-corrected chi connectivity index (χ2v) is 10.6. The molecule has 1 atom stereocenters. The van der Waals surface area contributed by atoms with Crippen molar-refractivity contribution in [1.29, 1.82) is 0 Å². The first-order chi connectivity index (χ1) is 18.9. The Kier molecular flexibility index (Phi) is 12.4. The Bertz CT molecular complexity index is 1060. The molecule has 2 aliphatic rings. The zero-order valence-corrected chi connectivity index (χ0v) is 22.9. The Hall–Kier alpha value is -3.29. The maximum Gasteiger partial charge on any atom is 0.303 e. The molecule has 212 valence electrons. The molecule has 0 bridgehead atoms. The largest absolute Gasteiger partial charge is 0.481 e. The summed E-state index contributed by atoms with van der Waals surface area (Å²) in [5, 5.41) is 10.9. The van der Waals surface area contributed by atoms with Crippen LogP contribution in [-0.4, -0.2) is 45.6 Å². The average molecular weight is 539 g/mol. The highest BCUT2D eigenvalue weighted by Crippen LogP contribution is 2.30. The molecule has 1 fully saturated rings. The van der Waals surface area contributed by atoms with E-state index in [2.05, 4.69) is 17.5 Å². The number of rotatable bonds is 18. The molecule has 1 aromatic rings. The molecule has 1 aromatic carbocycles. The van der Waals surface area contributed by atoms with Crippen molar-refractivity contribution in [3.8, 4) is 0 Å². The number of benzene rings is 1. The minimum Gasteiger partial charge on any atom is -0.481 e. The van der Waals surface area contributed by atoms with E-state index < -0.39 is 29.7 Å². The van der Waals surface area contributed by atoms with Gasteiger partial charge in [-0.15, -0.1) is 0 Å². The van der Waals surface area contributed by atoms with Gasteiger partial charge in [-0.1, -0.05) is 69.2 Å². The van der Waals surface area contributed by atoms with Crippen LogP contribution in [0.25, 0.3) is 0 Å². The van der Waals surface area contributed by atoms with Crippen molar-refractivity contribution < 1.29 is 29.1 Å². The number of carbonyl (C=O) groups is 5. The van der Waals surface area contributed by atoms with Crippen molar-refractivity contribution in [2.75, 3.05) is 0 Å². The van der Waals surface area contributed by atoms with Gasteiger partial charge in [0.25, 0.3) is 11.8 Å². The van der Waals surface area contributed by atoms with E-state index >= 15 is 0 Å². The minimum absolute atomic E-state index is 0.117. The minimum atomic E-state index is -0.931. The fourth-order valence-electron chi connectivity index (χ4n) is 5.38. The summed E-state index contributed by atoms with van der Waals surface area (Å²) in [6.45, 7) is 0. The van der Waals surface area contributed by atoms with Crippen LogP contribution in [0.3, 0.4) is 0 Å². The van der Waals surface area contributed by atoms with Gasteiger partial charge in [0, 0.05) is 12.8 Å². The Labute approximate surface area is 231 Å². The fraction of sp³-hybridized carbons (Fsp3) is 0.581. The second-order valence-electron chi connectivity index (χ2n) is 10.6. The van der Waals surface area contributed by atoms with Crippen LogP contribution in [0.2, 0.25) is 0 Å². The van der Waals surface area contributed by atoms with Gasteiger partial charge in [-0.05, 0) is 63.0 Å². The van der Waals surface area contributed by atoms with E-state index in [9.17, 15) is 24.0 Å². The Morgan fingerprint density at radius 3 is 2.10 bits per heavy atom. The highest BCUT2D eigenvalue weighted by atomic mass is 16.4. The first-order valence-corrected chi connectivity index (χ1v) is 14.6. The molecule has 4 amide bonds. The summed E-state index contributed by atoms with van der Waals surface area (Å²) < 4.78 is 0. The topological polar surface area (TPSA) is 121 Å². The summed E-state index contributed by atoms with van der Waals surface area (Å²) in [4.78, 5) is 61.4. The maximum absolute atomic E-state index is 13.2. The van der Waals surface area contributed by atoms with Crippen molar-refractivity contribution in [2.45, 2.75) is 115 Å². The van der Waals surface area contributed by atoms with Gasteiger partial charge in [-0.25, -0.2) is 0 Å². The number of aliphatic carboxylic acids is 1. The van der Waals surface area contributed by atoms with Gasteiger partial charge >= 0.3 is 5.97 Å². The third-order valence-electron chi connectivity index (χ3n) is 7.55. The van der Waals surface area contributed by atoms with Crippen LogP contribution in [0, 0.1) is 0 Å². The summed E-state index contributed by atoms with van der Waals surface area (Å²) in [7, 11) is 0. The van der Waals surface area contributed by atoms with Crippen molar-refractivity contribution in [1.82, 2.24) is 10.2 Å². The predicted molar refractivity (Wildman–Crippen MR) is 148 cm³/mol. The highest BCUT2D eigenvalue weighted by molar-refractivity contribution is 6.24. The molecular weight excluding hydrogens is 496 g/mol. The smallest absolute Gasteiger partial charge is 0.303 e. The number of allylic oxidation sites excluding steroid dienone is 2. The number of carboxylic acid groups (broad SMARTS) is 1. The number of carboxylic acids is 1. The summed E-state index contributed by atoms with van der Waals surface area (Å²) in [6.07, 6.45) is 20.0. The number of piperidine rings is 1. The standard InChI is InChI=1S/C31H42N2O6/c34-26-22-21-25(29(37)32-26)33-30(38)24-19-16-18-23(28(24)31(33)39)17-14-12-10-8-6-4-2-1-3-5-7-9-11-13-15-20-27(35)36/h1,3,16,18-19,25H,2,4-15,17,20-22H2,(H,35,36)(H,32,34,37)/b3-1-. The molecule has 1 saturated heterocycles. The van der Waals surface area contributed by atoms with Crippen LogP contribution in [0.5, 0.6) is 0 Å². The van der Waals surface area contributed by atoms with Crippen molar-refractivity contribution >= 4 is 29.6 Å². The summed E-state index contributed by atoms with van der Waals surface area (Å²) in [5.74, 6) is -2.54. The normalized spacial score (nSPS) is 17.2. The van der Waals surface area contributed by atoms with E-state index in [0.717, 1.165) is 68.3 Å². The van der Waals surface area contributed by atoms with E-state index in [1.807, 2.05) is 6.07 Å². The first kappa shape index (κ1) is 30.3. The fourth-order valence-corrected chi connectivity index (χ4v) is 5.38. The molecule has 2 heterocycles. The molecule has 8 heteroatoms. The predicted octanol–water partition coefficient (Wildman–Crippen LogP) is 5.73. The summed E-state index contributed by atoms with van der Waals surface area (Å²) in [5.41, 5.74) is 1.62. The van der Waals surface area contributed by atoms with Gasteiger partial charge < -0.3 is 5.11 Å². The second kappa shape index (κ2) is 16.0.